The molecule has 1 saturated carbocycles. The molecule has 5 heteroatoms. The Labute approximate surface area is 104 Å². The summed E-state index contributed by atoms with van der Waals surface area (Å²) in [6.07, 6.45) is 1.70. The fourth-order valence-corrected chi connectivity index (χ4v) is 1.80. The number of carboxylic acid groups (broad SMARTS) is 1. The standard InChI is InChI=1S/C13H15NO4/c15-7-8-1-3-10(4-2-8)12(16)14-11(13(17)18)9-5-6-9/h1-4,9,11,15H,5-7H2,(H,14,16)(H,17,18). The zero-order chi connectivity index (χ0) is 13.1. The second-order valence-corrected chi connectivity index (χ2v) is 4.48. The third-order valence-electron chi connectivity index (χ3n) is 3.04. The highest BCUT2D eigenvalue weighted by Gasteiger charge is 2.37. The van der Waals surface area contributed by atoms with Crippen molar-refractivity contribution < 1.29 is 19.8 Å². The van der Waals surface area contributed by atoms with Gasteiger partial charge in [0.2, 0.25) is 0 Å². The number of hydrogen-bond donors (Lipinski definition) is 3. The number of rotatable bonds is 5. The first kappa shape index (κ1) is 12.6. The van der Waals surface area contributed by atoms with E-state index in [1.165, 1.54) is 0 Å². The predicted molar refractivity (Wildman–Crippen MR) is 64.0 cm³/mol. The van der Waals surface area contributed by atoms with Crippen molar-refractivity contribution >= 4 is 11.9 Å². The number of benzene rings is 1. The summed E-state index contributed by atoms with van der Waals surface area (Å²) in [5.41, 5.74) is 1.11. The Morgan fingerprint density at radius 3 is 2.33 bits per heavy atom. The average molecular weight is 249 g/mol. The van der Waals surface area contributed by atoms with Gasteiger partial charge in [0.25, 0.3) is 5.91 Å². The van der Waals surface area contributed by atoms with Crippen LogP contribution in [-0.2, 0) is 11.4 Å². The molecule has 0 saturated heterocycles. The zero-order valence-corrected chi connectivity index (χ0v) is 9.80. The van der Waals surface area contributed by atoms with Crippen LogP contribution in [0.3, 0.4) is 0 Å². The van der Waals surface area contributed by atoms with E-state index in [1.807, 2.05) is 0 Å². The SMILES string of the molecule is O=C(NC(C(=O)O)C1CC1)c1ccc(CO)cc1. The van der Waals surface area contributed by atoms with E-state index >= 15 is 0 Å². The smallest absolute Gasteiger partial charge is 0.326 e. The van der Waals surface area contributed by atoms with Crippen LogP contribution in [-0.4, -0.2) is 28.1 Å². The molecule has 1 aromatic carbocycles. The van der Waals surface area contributed by atoms with Crippen LogP contribution in [0.25, 0.3) is 0 Å². The molecule has 1 aromatic rings. The molecule has 1 atom stereocenters. The molecule has 2 rings (SSSR count). The number of carbonyl (C=O) groups is 2. The van der Waals surface area contributed by atoms with Gasteiger partial charge >= 0.3 is 5.97 Å². The summed E-state index contributed by atoms with van der Waals surface area (Å²) in [7, 11) is 0. The van der Waals surface area contributed by atoms with Crippen molar-refractivity contribution in [1.82, 2.24) is 5.32 Å². The lowest BCUT2D eigenvalue weighted by atomic mass is 10.1. The average Bonchev–Trinajstić information content (AvgIpc) is 3.19. The van der Waals surface area contributed by atoms with E-state index in [9.17, 15) is 9.59 Å². The highest BCUT2D eigenvalue weighted by atomic mass is 16.4. The predicted octanol–water partition coefficient (Wildman–Crippen LogP) is 0.772. The molecular weight excluding hydrogens is 234 g/mol. The van der Waals surface area contributed by atoms with Gasteiger partial charge in [-0.1, -0.05) is 12.1 Å². The molecule has 1 fully saturated rings. The third kappa shape index (κ3) is 2.87. The maximum Gasteiger partial charge on any atom is 0.326 e. The molecule has 1 aliphatic rings. The van der Waals surface area contributed by atoms with E-state index in [2.05, 4.69) is 5.32 Å². The highest BCUT2D eigenvalue weighted by molar-refractivity contribution is 5.96. The quantitative estimate of drug-likeness (QED) is 0.719. The summed E-state index contributed by atoms with van der Waals surface area (Å²) in [6, 6.07) is 5.64. The molecule has 0 aliphatic heterocycles. The van der Waals surface area contributed by atoms with Gasteiger partial charge in [-0.25, -0.2) is 4.79 Å². The Balaban J connectivity index is 2.03. The van der Waals surface area contributed by atoms with E-state index in [0.717, 1.165) is 12.8 Å². The summed E-state index contributed by atoms with van der Waals surface area (Å²) in [5.74, 6) is -1.32. The van der Waals surface area contributed by atoms with Crippen molar-refractivity contribution in [2.75, 3.05) is 0 Å². The Morgan fingerprint density at radius 2 is 1.89 bits per heavy atom. The molecule has 5 nitrogen and oxygen atoms in total. The maximum atomic E-state index is 11.9. The minimum absolute atomic E-state index is 0.0585. The number of nitrogens with one attached hydrogen (secondary N) is 1. The number of carboxylic acids is 1. The van der Waals surface area contributed by atoms with Crippen LogP contribution in [0.1, 0.15) is 28.8 Å². The number of aliphatic hydroxyl groups excluding tert-OH is 1. The van der Waals surface area contributed by atoms with Crippen LogP contribution >= 0.6 is 0 Å². The number of aliphatic carboxylic acids is 1. The number of carbonyl (C=O) groups excluding carboxylic acids is 1. The van der Waals surface area contributed by atoms with Crippen LogP contribution in [0, 0.1) is 5.92 Å². The molecule has 3 N–H and O–H groups in total. The minimum atomic E-state index is -0.988. The zero-order valence-electron chi connectivity index (χ0n) is 9.80. The van der Waals surface area contributed by atoms with E-state index in [-0.39, 0.29) is 12.5 Å². The molecule has 0 heterocycles. The number of hydrogen-bond acceptors (Lipinski definition) is 3. The lowest BCUT2D eigenvalue weighted by Crippen LogP contribution is -2.42. The third-order valence-corrected chi connectivity index (χ3v) is 3.04. The molecule has 0 spiro atoms. The molecule has 96 valence electrons. The van der Waals surface area contributed by atoms with Gasteiger partial charge in [0.1, 0.15) is 6.04 Å². The second-order valence-electron chi connectivity index (χ2n) is 4.48. The monoisotopic (exact) mass is 249 g/mol. The van der Waals surface area contributed by atoms with Crippen molar-refractivity contribution in [1.29, 1.82) is 0 Å². The molecule has 1 aliphatic carbocycles. The molecular formula is C13H15NO4. The molecule has 1 unspecified atom stereocenters. The summed E-state index contributed by atoms with van der Waals surface area (Å²) in [5, 5.41) is 20.4. The Morgan fingerprint density at radius 1 is 1.28 bits per heavy atom. The summed E-state index contributed by atoms with van der Waals surface area (Å²) >= 11 is 0. The van der Waals surface area contributed by atoms with Crippen molar-refractivity contribution in [3.8, 4) is 0 Å². The maximum absolute atomic E-state index is 11.9. The summed E-state index contributed by atoms with van der Waals surface area (Å²) < 4.78 is 0. The Bertz CT molecular complexity index is 451. The topological polar surface area (TPSA) is 86.6 Å². The van der Waals surface area contributed by atoms with Gasteiger partial charge in [0, 0.05) is 5.56 Å². The van der Waals surface area contributed by atoms with Crippen LogP contribution in [0.15, 0.2) is 24.3 Å². The number of amides is 1. The van der Waals surface area contributed by atoms with Crippen molar-refractivity contribution in [2.24, 2.45) is 5.92 Å². The lowest BCUT2D eigenvalue weighted by Gasteiger charge is -2.13. The largest absolute Gasteiger partial charge is 0.480 e. The van der Waals surface area contributed by atoms with E-state index in [4.69, 9.17) is 10.2 Å². The van der Waals surface area contributed by atoms with Gasteiger partial charge in [-0.05, 0) is 36.5 Å². The lowest BCUT2D eigenvalue weighted by molar-refractivity contribution is -0.139. The van der Waals surface area contributed by atoms with Gasteiger partial charge in [0.05, 0.1) is 6.61 Å². The molecule has 1 amide bonds. The highest BCUT2D eigenvalue weighted by Crippen LogP contribution is 2.32. The molecule has 18 heavy (non-hydrogen) atoms. The summed E-state index contributed by atoms with van der Waals surface area (Å²) in [4.78, 5) is 22.9. The molecule has 0 radical (unpaired) electrons. The first-order valence-corrected chi connectivity index (χ1v) is 5.85. The van der Waals surface area contributed by atoms with Crippen LogP contribution < -0.4 is 5.32 Å². The Hall–Kier alpha value is -1.88. The van der Waals surface area contributed by atoms with Crippen LogP contribution in [0.4, 0.5) is 0 Å². The number of aliphatic hydroxyl groups is 1. The van der Waals surface area contributed by atoms with Crippen molar-refractivity contribution in [3.05, 3.63) is 35.4 Å². The fourth-order valence-electron chi connectivity index (χ4n) is 1.80. The van der Waals surface area contributed by atoms with E-state index < -0.39 is 17.9 Å². The van der Waals surface area contributed by atoms with Gasteiger partial charge < -0.3 is 15.5 Å². The van der Waals surface area contributed by atoms with Gasteiger partial charge in [0.15, 0.2) is 0 Å². The van der Waals surface area contributed by atoms with Crippen molar-refractivity contribution in [2.45, 2.75) is 25.5 Å². The molecule has 0 bridgehead atoms. The fraction of sp³-hybridized carbons (Fsp3) is 0.385. The van der Waals surface area contributed by atoms with E-state index in [1.54, 1.807) is 24.3 Å². The van der Waals surface area contributed by atoms with E-state index in [0.29, 0.717) is 11.1 Å². The van der Waals surface area contributed by atoms with Crippen LogP contribution in [0.5, 0.6) is 0 Å². The first-order valence-electron chi connectivity index (χ1n) is 5.85. The van der Waals surface area contributed by atoms with Gasteiger partial charge in [-0.3, -0.25) is 4.79 Å². The summed E-state index contributed by atoms with van der Waals surface area (Å²) in [6.45, 7) is -0.0816. The first-order chi connectivity index (χ1) is 8.61. The minimum Gasteiger partial charge on any atom is -0.480 e. The molecule has 0 aromatic heterocycles. The normalized spacial score (nSPS) is 16.1. The van der Waals surface area contributed by atoms with Crippen LogP contribution in [0.2, 0.25) is 0 Å². The van der Waals surface area contributed by atoms with Gasteiger partial charge in [-0.15, -0.1) is 0 Å². The second kappa shape index (κ2) is 5.18. The van der Waals surface area contributed by atoms with Gasteiger partial charge in [-0.2, -0.15) is 0 Å². The van der Waals surface area contributed by atoms with Crippen molar-refractivity contribution in [3.63, 3.8) is 0 Å². The Kier molecular flexibility index (Phi) is 3.62.